The van der Waals surface area contributed by atoms with E-state index in [-0.39, 0.29) is 30.3 Å². The molecule has 1 fully saturated rings. The summed E-state index contributed by atoms with van der Waals surface area (Å²) in [7, 11) is 0. The van der Waals surface area contributed by atoms with Crippen LogP contribution < -0.4 is 5.32 Å². The average molecular weight is 518 g/mol. The highest BCUT2D eigenvalue weighted by Crippen LogP contribution is 2.51. The molecule has 188 valence electrons. The van der Waals surface area contributed by atoms with Crippen LogP contribution in [0.15, 0.2) is 42.6 Å². The van der Waals surface area contributed by atoms with Gasteiger partial charge in [0.1, 0.15) is 16.4 Å². The number of hydrogen-bond acceptors (Lipinski definition) is 6. The van der Waals surface area contributed by atoms with Crippen LogP contribution >= 0.6 is 23.2 Å². The van der Waals surface area contributed by atoms with Gasteiger partial charge in [0, 0.05) is 29.6 Å². The van der Waals surface area contributed by atoms with Gasteiger partial charge in [0.05, 0.1) is 24.8 Å². The number of aliphatic hydroxyl groups is 2. The number of Topliss-reactive ketones (excluding diaryl/α,β-unsaturated/α-hetero) is 1. The Morgan fingerprint density at radius 3 is 2.60 bits per heavy atom. The Kier molecular flexibility index (Phi) is 8.96. The fourth-order valence-electron chi connectivity index (χ4n) is 5.16. The van der Waals surface area contributed by atoms with E-state index in [0.717, 1.165) is 5.56 Å². The average Bonchev–Trinajstić information content (AvgIpc) is 3.12. The molecule has 6 nitrogen and oxygen atoms in total. The maximum absolute atomic E-state index is 13.6. The van der Waals surface area contributed by atoms with Gasteiger partial charge in [-0.3, -0.25) is 4.79 Å². The molecule has 1 aromatic carbocycles. The third-order valence-electron chi connectivity index (χ3n) is 6.69. The Hall–Kier alpha value is -2.01. The van der Waals surface area contributed by atoms with Gasteiger partial charge < -0.3 is 15.5 Å². The molecule has 0 radical (unpaired) electrons. The number of carbonyl (C=O) groups is 1. The molecule has 3 rings (SSSR count). The Balaban J connectivity index is 2.14. The SMILES string of the molecule is CC(C)(C)C[C@@H]1N[C@@H](C(=O)CCC[C@H](O)CO)[C@H](c2cccc(Cl)c2)[C@@]1(C#N)c1ccc(Cl)nc1. The highest BCUT2D eigenvalue weighted by atomic mass is 35.5. The quantitative estimate of drug-likeness (QED) is 0.412. The predicted octanol–water partition coefficient (Wildman–Crippen LogP) is 4.80. The molecule has 35 heavy (non-hydrogen) atoms. The van der Waals surface area contributed by atoms with E-state index in [1.54, 1.807) is 18.3 Å². The first-order valence-electron chi connectivity index (χ1n) is 11.9. The number of hydrogen-bond donors (Lipinski definition) is 3. The number of ketones is 1. The molecule has 0 unspecified atom stereocenters. The summed E-state index contributed by atoms with van der Waals surface area (Å²) in [4.78, 5) is 17.9. The van der Waals surface area contributed by atoms with Crippen LogP contribution in [-0.4, -0.2) is 45.8 Å². The zero-order chi connectivity index (χ0) is 25.8. The third kappa shape index (κ3) is 6.22. The summed E-state index contributed by atoms with van der Waals surface area (Å²) in [5, 5.41) is 34.0. The van der Waals surface area contributed by atoms with Crippen molar-refractivity contribution in [2.45, 2.75) is 76.0 Å². The van der Waals surface area contributed by atoms with Gasteiger partial charge in [-0.05, 0) is 54.0 Å². The van der Waals surface area contributed by atoms with Crippen LogP contribution in [0.4, 0.5) is 0 Å². The smallest absolute Gasteiger partial charge is 0.150 e. The van der Waals surface area contributed by atoms with Crippen molar-refractivity contribution < 1.29 is 15.0 Å². The van der Waals surface area contributed by atoms with Crippen LogP contribution in [0.25, 0.3) is 0 Å². The minimum absolute atomic E-state index is 0.0435. The van der Waals surface area contributed by atoms with Gasteiger partial charge in [-0.15, -0.1) is 0 Å². The van der Waals surface area contributed by atoms with Gasteiger partial charge in [-0.25, -0.2) is 4.98 Å². The summed E-state index contributed by atoms with van der Waals surface area (Å²) in [5.41, 5.74) is 0.274. The first kappa shape index (κ1) is 27.6. The van der Waals surface area contributed by atoms with Crippen molar-refractivity contribution in [2.75, 3.05) is 6.61 Å². The summed E-state index contributed by atoms with van der Waals surface area (Å²) < 4.78 is 0. The fraction of sp³-hybridized carbons (Fsp3) is 0.519. The predicted molar refractivity (Wildman–Crippen MR) is 137 cm³/mol. The summed E-state index contributed by atoms with van der Waals surface area (Å²) in [6.45, 7) is 5.99. The molecular formula is C27H33Cl2N3O3. The number of carbonyl (C=O) groups excluding carboxylic acids is 1. The number of aromatic nitrogens is 1. The van der Waals surface area contributed by atoms with Crippen molar-refractivity contribution >= 4 is 29.0 Å². The van der Waals surface area contributed by atoms with Crippen molar-refractivity contribution in [1.82, 2.24) is 10.3 Å². The standard InChI is InChI=1S/C27H33Cl2N3O3/c1-26(2,3)13-22-27(16-30,18-10-11-23(29)31-14-18)24(17-6-4-7-19(28)12-17)25(32-22)21(35)9-5-8-20(34)15-33/h4,6-7,10-12,14,20,22,24-25,32-34H,5,8-9,13,15H2,1-3H3/t20-,22-,24-,25-,27-/m0/s1. The van der Waals surface area contributed by atoms with Crippen molar-refractivity contribution in [3.63, 3.8) is 0 Å². The molecule has 2 heterocycles. The van der Waals surface area contributed by atoms with E-state index in [0.29, 0.717) is 35.0 Å². The number of rotatable bonds is 9. The van der Waals surface area contributed by atoms with Gasteiger partial charge in [0.25, 0.3) is 0 Å². The number of pyridine rings is 1. The molecule has 8 heteroatoms. The summed E-state index contributed by atoms with van der Waals surface area (Å²) >= 11 is 12.4. The van der Waals surface area contributed by atoms with E-state index in [9.17, 15) is 15.2 Å². The molecule has 0 amide bonds. The second kappa shape index (κ2) is 11.4. The lowest BCUT2D eigenvalue weighted by molar-refractivity contribution is -0.121. The number of nitriles is 1. The van der Waals surface area contributed by atoms with Crippen LogP contribution in [-0.2, 0) is 10.2 Å². The lowest BCUT2D eigenvalue weighted by Crippen LogP contribution is -2.44. The minimum Gasteiger partial charge on any atom is -0.394 e. The molecule has 3 N–H and O–H groups in total. The maximum atomic E-state index is 13.6. The molecule has 2 aromatic rings. The molecule has 0 saturated carbocycles. The van der Waals surface area contributed by atoms with Gasteiger partial charge in [0.2, 0.25) is 0 Å². The maximum Gasteiger partial charge on any atom is 0.150 e. The summed E-state index contributed by atoms with van der Waals surface area (Å²) in [6.07, 6.45) is 2.40. The number of nitrogens with one attached hydrogen (secondary N) is 1. The van der Waals surface area contributed by atoms with Gasteiger partial charge in [-0.1, -0.05) is 62.2 Å². The molecule has 1 aliphatic rings. The fourth-order valence-corrected chi connectivity index (χ4v) is 5.47. The highest BCUT2D eigenvalue weighted by molar-refractivity contribution is 6.30. The second-order valence-corrected chi connectivity index (χ2v) is 11.4. The minimum atomic E-state index is -1.10. The number of halogens is 2. The van der Waals surface area contributed by atoms with E-state index in [2.05, 4.69) is 37.1 Å². The lowest BCUT2D eigenvalue weighted by Gasteiger charge is -2.37. The van der Waals surface area contributed by atoms with Crippen LogP contribution in [0.5, 0.6) is 0 Å². The van der Waals surface area contributed by atoms with E-state index >= 15 is 0 Å². The third-order valence-corrected chi connectivity index (χ3v) is 7.15. The van der Waals surface area contributed by atoms with Crippen LogP contribution in [0.3, 0.4) is 0 Å². The molecule has 5 atom stereocenters. The van der Waals surface area contributed by atoms with Crippen molar-refractivity contribution in [1.29, 1.82) is 5.26 Å². The first-order valence-corrected chi connectivity index (χ1v) is 12.6. The van der Waals surface area contributed by atoms with Crippen molar-refractivity contribution in [3.8, 4) is 6.07 Å². The van der Waals surface area contributed by atoms with Crippen molar-refractivity contribution in [2.24, 2.45) is 5.41 Å². The van der Waals surface area contributed by atoms with E-state index in [1.807, 2.05) is 24.3 Å². The second-order valence-electron chi connectivity index (χ2n) is 10.5. The summed E-state index contributed by atoms with van der Waals surface area (Å²) in [6, 6.07) is 12.4. The van der Waals surface area contributed by atoms with Gasteiger partial charge in [-0.2, -0.15) is 5.26 Å². The lowest BCUT2D eigenvalue weighted by atomic mass is 9.63. The normalized spacial score (nSPS) is 25.3. The molecule has 0 aliphatic carbocycles. The molecule has 0 bridgehead atoms. The van der Waals surface area contributed by atoms with Crippen molar-refractivity contribution in [3.05, 3.63) is 63.9 Å². The first-order chi connectivity index (χ1) is 16.5. The van der Waals surface area contributed by atoms with Crippen LogP contribution in [0.2, 0.25) is 10.2 Å². The topological polar surface area (TPSA) is 106 Å². The monoisotopic (exact) mass is 517 g/mol. The van der Waals surface area contributed by atoms with Gasteiger partial charge >= 0.3 is 0 Å². The highest BCUT2D eigenvalue weighted by Gasteiger charge is 2.59. The van der Waals surface area contributed by atoms with Crippen LogP contribution in [0, 0.1) is 16.7 Å². The largest absolute Gasteiger partial charge is 0.394 e. The zero-order valence-corrected chi connectivity index (χ0v) is 21.9. The molecule has 1 aliphatic heterocycles. The Bertz CT molecular complexity index is 1060. The molecule has 1 saturated heterocycles. The molecular weight excluding hydrogens is 485 g/mol. The van der Waals surface area contributed by atoms with Crippen LogP contribution in [0.1, 0.15) is 63.5 Å². The number of nitrogens with zero attached hydrogens (tertiary/aromatic N) is 2. The Morgan fingerprint density at radius 2 is 2.03 bits per heavy atom. The van der Waals surface area contributed by atoms with Gasteiger partial charge in [0.15, 0.2) is 0 Å². The summed E-state index contributed by atoms with van der Waals surface area (Å²) in [5.74, 6) is -0.560. The van der Waals surface area contributed by atoms with E-state index in [1.165, 1.54) is 0 Å². The molecule has 0 spiro atoms. The van der Waals surface area contributed by atoms with E-state index in [4.69, 9.17) is 28.3 Å². The zero-order valence-electron chi connectivity index (χ0n) is 20.3. The molecule has 1 aromatic heterocycles. The number of benzene rings is 1. The van der Waals surface area contributed by atoms with E-state index < -0.39 is 23.5 Å². The Morgan fingerprint density at radius 1 is 1.29 bits per heavy atom. The Labute approximate surface area is 217 Å². The number of aliphatic hydroxyl groups excluding tert-OH is 2.